The number of ether oxygens (including phenoxy) is 1. The Hall–Kier alpha value is -1.52. The van der Waals surface area contributed by atoms with Crippen LogP contribution in [0.4, 0.5) is 0 Å². The van der Waals surface area contributed by atoms with Crippen molar-refractivity contribution in [3.63, 3.8) is 0 Å². The number of carbonyl (C=O) groups excluding carboxylic acids is 1. The van der Waals surface area contributed by atoms with E-state index in [4.69, 9.17) is 16.3 Å². The van der Waals surface area contributed by atoms with Crippen molar-refractivity contribution in [1.29, 1.82) is 0 Å². The van der Waals surface area contributed by atoms with Gasteiger partial charge in [-0.05, 0) is 35.7 Å². The predicted octanol–water partition coefficient (Wildman–Crippen LogP) is 3.97. The Morgan fingerprint density at radius 1 is 1.32 bits per heavy atom. The van der Waals surface area contributed by atoms with E-state index in [0.717, 1.165) is 43.2 Å². The van der Waals surface area contributed by atoms with Crippen LogP contribution in [0.1, 0.15) is 33.1 Å². The molecule has 22 heavy (non-hydrogen) atoms. The van der Waals surface area contributed by atoms with Crippen molar-refractivity contribution in [3.05, 3.63) is 50.7 Å². The third-order valence-electron chi connectivity index (χ3n) is 4.44. The molecule has 0 N–H and O–H groups in total. The number of benzene rings is 1. The van der Waals surface area contributed by atoms with Crippen molar-refractivity contribution in [3.8, 4) is 5.75 Å². The third kappa shape index (κ3) is 2.50. The number of nitrogens with zero attached hydrogens (tertiary/aromatic N) is 1. The van der Waals surface area contributed by atoms with E-state index in [0.29, 0.717) is 10.3 Å². The lowest BCUT2D eigenvalue weighted by molar-refractivity contribution is 0.0795. The summed E-state index contributed by atoms with van der Waals surface area (Å²) in [5.41, 5.74) is 2.62. The molecule has 1 atom stereocenters. The fraction of sp³-hybridized carbons (Fsp3) is 0.353. The second-order valence-electron chi connectivity index (χ2n) is 5.81. The molecular weight excluding hydrogens is 318 g/mol. The minimum atomic E-state index is 0.101. The van der Waals surface area contributed by atoms with E-state index in [-0.39, 0.29) is 5.91 Å². The Kier molecular flexibility index (Phi) is 3.59. The fourth-order valence-corrected chi connectivity index (χ4v) is 4.27. The summed E-state index contributed by atoms with van der Waals surface area (Å²) in [6.07, 6.45) is 2.01. The zero-order chi connectivity index (χ0) is 15.1. The Labute approximate surface area is 138 Å². The first-order valence-electron chi connectivity index (χ1n) is 7.51. The first kappa shape index (κ1) is 14.1. The largest absolute Gasteiger partial charge is 0.493 e. The van der Waals surface area contributed by atoms with Crippen LogP contribution in [0, 0.1) is 0 Å². The number of hydrogen-bond acceptors (Lipinski definition) is 3. The van der Waals surface area contributed by atoms with Crippen molar-refractivity contribution in [2.45, 2.75) is 18.8 Å². The number of rotatable bonds is 2. The van der Waals surface area contributed by atoms with E-state index in [9.17, 15) is 4.79 Å². The van der Waals surface area contributed by atoms with Crippen molar-refractivity contribution < 1.29 is 9.53 Å². The molecule has 0 saturated carbocycles. The standard InChI is InChI=1S/C17H16ClNO2S/c18-16-4-3-15(22-16)17(20)19-7-5-13(10-19)11-1-2-14-12(9-11)6-8-21-14/h1-4,9,13H,5-8,10H2/t13-/m1/s1. The summed E-state index contributed by atoms with van der Waals surface area (Å²) >= 11 is 7.28. The lowest BCUT2D eigenvalue weighted by Gasteiger charge is -2.16. The maximum atomic E-state index is 12.5. The van der Waals surface area contributed by atoms with Gasteiger partial charge < -0.3 is 9.64 Å². The zero-order valence-electron chi connectivity index (χ0n) is 12.0. The van der Waals surface area contributed by atoms with Crippen molar-refractivity contribution in [2.24, 2.45) is 0 Å². The number of likely N-dealkylation sites (tertiary alicyclic amines) is 1. The second-order valence-corrected chi connectivity index (χ2v) is 7.52. The van der Waals surface area contributed by atoms with E-state index in [2.05, 4.69) is 18.2 Å². The van der Waals surface area contributed by atoms with Gasteiger partial charge in [-0.15, -0.1) is 11.3 Å². The lowest BCUT2D eigenvalue weighted by Crippen LogP contribution is -2.27. The number of halogens is 1. The Morgan fingerprint density at radius 2 is 2.23 bits per heavy atom. The van der Waals surface area contributed by atoms with Crippen molar-refractivity contribution in [2.75, 3.05) is 19.7 Å². The van der Waals surface area contributed by atoms with Gasteiger partial charge in [0.25, 0.3) is 5.91 Å². The summed E-state index contributed by atoms with van der Waals surface area (Å²) in [4.78, 5) is 15.2. The van der Waals surface area contributed by atoms with Crippen LogP contribution in [0.5, 0.6) is 5.75 Å². The highest BCUT2D eigenvalue weighted by Crippen LogP contribution is 2.34. The van der Waals surface area contributed by atoms with Gasteiger partial charge in [-0.3, -0.25) is 4.79 Å². The number of thiophene rings is 1. The Balaban J connectivity index is 1.49. The SMILES string of the molecule is O=C(c1ccc(Cl)s1)N1CC[C@@H](c2ccc3c(c2)CCO3)C1. The summed E-state index contributed by atoms with van der Waals surface area (Å²) in [5.74, 6) is 1.54. The molecule has 1 amide bonds. The molecule has 2 aromatic rings. The van der Waals surface area contributed by atoms with Crippen molar-refractivity contribution in [1.82, 2.24) is 4.90 Å². The average molecular weight is 334 g/mol. The molecule has 1 fully saturated rings. The quantitative estimate of drug-likeness (QED) is 0.832. The molecule has 114 valence electrons. The van der Waals surface area contributed by atoms with E-state index in [1.807, 2.05) is 11.0 Å². The summed E-state index contributed by atoms with van der Waals surface area (Å²) < 4.78 is 6.22. The highest BCUT2D eigenvalue weighted by atomic mass is 35.5. The summed E-state index contributed by atoms with van der Waals surface area (Å²) in [5, 5.41) is 0. The van der Waals surface area contributed by atoms with Gasteiger partial charge >= 0.3 is 0 Å². The fourth-order valence-electron chi connectivity index (χ4n) is 3.26. The van der Waals surface area contributed by atoms with Crippen LogP contribution < -0.4 is 4.74 Å². The first-order valence-corrected chi connectivity index (χ1v) is 8.70. The number of carbonyl (C=O) groups is 1. The number of hydrogen-bond donors (Lipinski definition) is 0. The molecule has 0 unspecified atom stereocenters. The monoisotopic (exact) mass is 333 g/mol. The Morgan fingerprint density at radius 3 is 3.05 bits per heavy atom. The van der Waals surface area contributed by atoms with Crippen LogP contribution in [-0.4, -0.2) is 30.5 Å². The third-order valence-corrected chi connectivity index (χ3v) is 5.66. The zero-order valence-corrected chi connectivity index (χ0v) is 13.6. The van der Waals surface area contributed by atoms with Crippen LogP contribution in [0.25, 0.3) is 0 Å². The van der Waals surface area contributed by atoms with Gasteiger partial charge in [-0.25, -0.2) is 0 Å². The predicted molar refractivity (Wildman–Crippen MR) is 88.2 cm³/mol. The van der Waals surface area contributed by atoms with E-state index < -0.39 is 0 Å². The normalized spacial score (nSPS) is 20.0. The number of fused-ring (bicyclic) bond motifs is 1. The molecular formula is C17H16ClNO2S. The van der Waals surface area contributed by atoms with Crippen LogP contribution in [-0.2, 0) is 6.42 Å². The summed E-state index contributed by atoms with van der Waals surface area (Å²) in [6.45, 7) is 2.38. The topological polar surface area (TPSA) is 29.5 Å². The second kappa shape index (κ2) is 5.60. The van der Waals surface area contributed by atoms with Crippen LogP contribution in [0.15, 0.2) is 30.3 Å². The molecule has 2 aliphatic rings. The van der Waals surface area contributed by atoms with Crippen LogP contribution in [0.3, 0.4) is 0 Å². The molecule has 3 heterocycles. The minimum absolute atomic E-state index is 0.101. The van der Waals surface area contributed by atoms with Gasteiger partial charge in [0.1, 0.15) is 5.75 Å². The van der Waals surface area contributed by atoms with Gasteiger partial charge in [0.2, 0.25) is 0 Å². The average Bonchev–Trinajstić information content (AvgIpc) is 3.25. The smallest absolute Gasteiger partial charge is 0.263 e. The maximum Gasteiger partial charge on any atom is 0.263 e. The molecule has 3 nitrogen and oxygen atoms in total. The Bertz CT molecular complexity index is 727. The first-order chi connectivity index (χ1) is 10.7. The van der Waals surface area contributed by atoms with Gasteiger partial charge in [0, 0.05) is 25.4 Å². The molecule has 0 radical (unpaired) electrons. The highest BCUT2D eigenvalue weighted by molar-refractivity contribution is 7.17. The van der Waals surface area contributed by atoms with Crippen molar-refractivity contribution >= 4 is 28.8 Å². The molecule has 5 heteroatoms. The summed E-state index contributed by atoms with van der Waals surface area (Å²) in [6, 6.07) is 10.1. The van der Waals surface area contributed by atoms with E-state index >= 15 is 0 Å². The lowest BCUT2D eigenvalue weighted by atomic mass is 9.96. The molecule has 1 saturated heterocycles. The maximum absolute atomic E-state index is 12.5. The van der Waals surface area contributed by atoms with Gasteiger partial charge in [-0.1, -0.05) is 23.7 Å². The molecule has 0 aliphatic carbocycles. The molecule has 2 aliphatic heterocycles. The van der Waals surface area contributed by atoms with E-state index in [1.165, 1.54) is 22.5 Å². The molecule has 0 spiro atoms. The summed E-state index contributed by atoms with van der Waals surface area (Å²) in [7, 11) is 0. The van der Waals surface area contributed by atoms with E-state index in [1.54, 1.807) is 6.07 Å². The molecule has 4 rings (SSSR count). The van der Waals surface area contributed by atoms with Crippen LogP contribution in [0.2, 0.25) is 4.34 Å². The molecule has 1 aromatic carbocycles. The minimum Gasteiger partial charge on any atom is -0.493 e. The molecule has 0 bridgehead atoms. The number of amides is 1. The molecule has 1 aromatic heterocycles. The van der Waals surface area contributed by atoms with Gasteiger partial charge in [0.15, 0.2) is 0 Å². The highest BCUT2D eigenvalue weighted by Gasteiger charge is 2.29. The van der Waals surface area contributed by atoms with Gasteiger partial charge in [0.05, 0.1) is 15.8 Å². The van der Waals surface area contributed by atoms with Gasteiger partial charge in [-0.2, -0.15) is 0 Å². The van der Waals surface area contributed by atoms with Crippen LogP contribution >= 0.6 is 22.9 Å².